The average molecular weight is 323 g/mol. The number of amides is 2. The molecule has 2 rings (SSSR count). The highest BCUT2D eigenvalue weighted by Crippen LogP contribution is 2.30. The number of aryl methyl sites for hydroxylation is 2. The van der Waals surface area contributed by atoms with Crippen molar-refractivity contribution < 1.29 is 14.3 Å². The molecule has 6 heteroatoms. The molecular weight excluding hydrogens is 304 g/mol. The van der Waals surface area contributed by atoms with Gasteiger partial charge in [0.15, 0.2) is 0 Å². The number of hydrogen-bond acceptors (Lipinski definition) is 3. The van der Waals surface area contributed by atoms with Gasteiger partial charge in [0.1, 0.15) is 0 Å². The molecule has 1 heterocycles. The van der Waals surface area contributed by atoms with E-state index >= 15 is 0 Å². The summed E-state index contributed by atoms with van der Waals surface area (Å²) in [4.78, 5) is 24.2. The van der Waals surface area contributed by atoms with Crippen LogP contribution in [0.25, 0.3) is 0 Å². The van der Waals surface area contributed by atoms with Gasteiger partial charge in [0, 0.05) is 5.70 Å². The van der Waals surface area contributed by atoms with E-state index in [0.29, 0.717) is 11.3 Å². The van der Waals surface area contributed by atoms with Crippen LogP contribution >= 0.6 is 11.6 Å². The summed E-state index contributed by atoms with van der Waals surface area (Å²) < 4.78 is 5.12. The van der Waals surface area contributed by atoms with Gasteiger partial charge in [0.2, 0.25) is 0 Å². The molecule has 22 heavy (non-hydrogen) atoms. The maximum absolute atomic E-state index is 12.3. The van der Waals surface area contributed by atoms with E-state index in [9.17, 15) is 9.59 Å². The van der Waals surface area contributed by atoms with Crippen molar-refractivity contribution in [3.8, 4) is 0 Å². The number of carbonyl (C=O) groups excluding carboxylic acids is 2. The van der Waals surface area contributed by atoms with Gasteiger partial charge in [-0.3, -0.25) is 0 Å². The zero-order valence-electron chi connectivity index (χ0n) is 12.8. The standard InChI is InChI=1S/C16H19ClN2O3/c1-4-22-15(20)13-12(8-17)18-16(21)19-14(13)11-7-9(2)5-6-10(11)3/h5-7,14H,4,8H2,1-3H3,(H2,18,19,21)/t14-/m0/s1. The fraction of sp³-hybridized carbons (Fsp3) is 0.375. The van der Waals surface area contributed by atoms with Crippen molar-refractivity contribution in [2.45, 2.75) is 26.8 Å². The van der Waals surface area contributed by atoms with Crippen LogP contribution in [0.3, 0.4) is 0 Å². The third-order valence-corrected chi connectivity index (χ3v) is 3.80. The molecule has 5 nitrogen and oxygen atoms in total. The zero-order chi connectivity index (χ0) is 16.3. The van der Waals surface area contributed by atoms with Crippen LogP contribution in [0.2, 0.25) is 0 Å². The van der Waals surface area contributed by atoms with Gasteiger partial charge in [-0.2, -0.15) is 0 Å². The molecule has 0 unspecified atom stereocenters. The average Bonchev–Trinajstić information content (AvgIpc) is 2.48. The third-order valence-electron chi connectivity index (χ3n) is 3.53. The molecule has 0 aliphatic carbocycles. The van der Waals surface area contributed by atoms with Crippen LogP contribution in [-0.4, -0.2) is 24.5 Å². The maximum Gasteiger partial charge on any atom is 0.338 e. The highest BCUT2D eigenvalue weighted by molar-refractivity contribution is 6.20. The van der Waals surface area contributed by atoms with E-state index in [1.54, 1.807) is 6.92 Å². The minimum absolute atomic E-state index is 0.0307. The van der Waals surface area contributed by atoms with Crippen LogP contribution in [-0.2, 0) is 9.53 Å². The number of rotatable bonds is 4. The maximum atomic E-state index is 12.3. The van der Waals surface area contributed by atoms with Gasteiger partial charge in [-0.1, -0.05) is 23.8 Å². The van der Waals surface area contributed by atoms with E-state index in [-0.39, 0.29) is 18.5 Å². The molecule has 1 aromatic carbocycles. The summed E-state index contributed by atoms with van der Waals surface area (Å²) in [6.07, 6.45) is 0. The quantitative estimate of drug-likeness (QED) is 0.661. The Labute approximate surface area is 134 Å². The van der Waals surface area contributed by atoms with E-state index < -0.39 is 12.0 Å². The first-order valence-corrected chi connectivity index (χ1v) is 7.62. The molecule has 0 spiro atoms. The van der Waals surface area contributed by atoms with Crippen molar-refractivity contribution in [3.05, 3.63) is 46.2 Å². The van der Waals surface area contributed by atoms with Gasteiger partial charge in [-0.05, 0) is 31.9 Å². The number of allylic oxidation sites excluding steroid dienone is 1. The second-order valence-electron chi connectivity index (χ2n) is 5.14. The summed E-state index contributed by atoms with van der Waals surface area (Å²) in [5.74, 6) is -0.445. The molecular formula is C16H19ClN2O3. The molecule has 0 bridgehead atoms. The Morgan fingerprint density at radius 2 is 2.09 bits per heavy atom. The molecule has 0 radical (unpaired) electrons. The number of halogens is 1. The molecule has 2 amide bonds. The highest BCUT2D eigenvalue weighted by atomic mass is 35.5. The largest absolute Gasteiger partial charge is 0.463 e. The first kappa shape index (κ1) is 16.4. The lowest BCUT2D eigenvalue weighted by atomic mass is 9.91. The number of carbonyl (C=O) groups is 2. The topological polar surface area (TPSA) is 67.4 Å². The van der Waals surface area contributed by atoms with Crippen molar-refractivity contribution in [1.29, 1.82) is 0 Å². The number of ether oxygens (including phenoxy) is 1. The van der Waals surface area contributed by atoms with E-state index in [0.717, 1.165) is 16.7 Å². The minimum atomic E-state index is -0.568. The lowest BCUT2D eigenvalue weighted by Crippen LogP contribution is -2.46. The molecule has 1 aliphatic heterocycles. The molecule has 1 atom stereocenters. The Balaban J connectivity index is 2.56. The molecule has 1 aromatic rings. The van der Waals surface area contributed by atoms with Crippen molar-refractivity contribution >= 4 is 23.6 Å². The van der Waals surface area contributed by atoms with E-state index in [1.807, 2.05) is 32.0 Å². The number of nitrogens with one attached hydrogen (secondary N) is 2. The summed E-state index contributed by atoms with van der Waals surface area (Å²) in [5, 5.41) is 5.37. The van der Waals surface area contributed by atoms with Crippen molar-refractivity contribution in [3.63, 3.8) is 0 Å². The van der Waals surface area contributed by atoms with Gasteiger partial charge in [-0.15, -0.1) is 11.6 Å². The minimum Gasteiger partial charge on any atom is -0.463 e. The Morgan fingerprint density at radius 3 is 2.73 bits per heavy atom. The van der Waals surface area contributed by atoms with Crippen LogP contribution in [0, 0.1) is 13.8 Å². The van der Waals surface area contributed by atoms with Gasteiger partial charge in [-0.25, -0.2) is 9.59 Å². The summed E-state index contributed by atoms with van der Waals surface area (Å²) >= 11 is 5.90. The SMILES string of the molecule is CCOC(=O)C1=C(CCl)NC(=O)N[C@H]1c1cc(C)ccc1C. The first-order chi connectivity index (χ1) is 10.5. The predicted octanol–water partition coefficient (Wildman–Crippen LogP) is 2.71. The Hall–Kier alpha value is -2.01. The second-order valence-corrected chi connectivity index (χ2v) is 5.41. The zero-order valence-corrected chi connectivity index (χ0v) is 13.6. The summed E-state index contributed by atoms with van der Waals surface area (Å²) in [6.45, 7) is 5.89. The fourth-order valence-electron chi connectivity index (χ4n) is 2.48. The second kappa shape index (κ2) is 6.83. The molecule has 0 saturated carbocycles. The molecule has 118 valence electrons. The lowest BCUT2D eigenvalue weighted by molar-refractivity contribution is -0.139. The Morgan fingerprint density at radius 1 is 1.36 bits per heavy atom. The van der Waals surface area contributed by atoms with Gasteiger partial charge < -0.3 is 15.4 Å². The Bertz CT molecular complexity index is 640. The molecule has 0 fully saturated rings. The predicted molar refractivity (Wildman–Crippen MR) is 84.7 cm³/mol. The number of esters is 1. The van der Waals surface area contributed by atoms with Crippen molar-refractivity contribution in [2.75, 3.05) is 12.5 Å². The van der Waals surface area contributed by atoms with Crippen LogP contribution in [0.5, 0.6) is 0 Å². The third kappa shape index (κ3) is 3.25. The van der Waals surface area contributed by atoms with Crippen LogP contribution in [0.4, 0.5) is 4.79 Å². The van der Waals surface area contributed by atoms with Crippen molar-refractivity contribution in [2.24, 2.45) is 0 Å². The molecule has 2 N–H and O–H groups in total. The smallest absolute Gasteiger partial charge is 0.338 e. The molecule has 0 saturated heterocycles. The first-order valence-electron chi connectivity index (χ1n) is 7.08. The fourth-order valence-corrected chi connectivity index (χ4v) is 2.69. The normalized spacial score (nSPS) is 17.8. The lowest BCUT2D eigenvalue weighted by Gasteiger charge is -2.29. The summed E-state index contributed by atoms with van der Waals surface area (Å²) in [5.41, 5.74) is 3.62. The molecule has 1 aliphatic rings. The van der Waals surface area contributed by atoms with E-state index in [1.165, 1.54) is 0 Å². The van der Waals surface area contributed by atoms with Gasteiger partial charge in [0.05, 0.1) is 24.1 Å². The van der Waals surface area contributed by atoms with Crippen LogP contribution < -0.4 is 10.6 Å². The number of urea groups is 1. The molecule has 0 aromatic heterocycles. The number of hydrogen-bond donors (Lipinski definition) is 2. The van der Waals surface area contributed by atoms with Crippen LogP contribution in [0.15, 0.2) is 29.5 Å². The van der Waals surface area contributed by atoms with Crippen LogP contribution in [0.1, 0.15) is 29.7 Å². The summed E-state index contributed by atoms with van der Waals surface area (Å²) in [7, 11) is 0. The number of benzene rings is 1. The van der Waals surface area contributed by atoms with E-state index in [4.69, 9.17) is 16.3 Å². The highest BCUT2D eigenvalue weighted by Gasteiger charge is 2.34. The monoisotopic (exact) mass is 322 g/mol. The van der Waals surface area contributed by atoms with Gasteiger partial charge in [0.25, 0.3) is 0 Å². The summed E-state index contributed by atoms with van der Waals surface area (Å²) in [6, 6.07) is 4.95. The number of alkyl halides is 1. The van der Waals surface area contributed by atoms with Gasteiger partial charge >= 0.3 is 12.0 Å². The van der Waals surface area contributed by atoms with E-state index in [2.05, 4.69) is 10.6 Å². The Kier molecular flexibility index (Phi) is 5.08. The van der Waals surface area contributed by atoms with Crippen molar-refractivity contribution in [1.82, 2.24) is 10.6 Å².